The molecule has 2 heterocycles. The fourth-order valence-corrected chi connectivity index (χ4v) is 4.75. The number of allylic oxidation sites excluding steroid dienone is 2. The Morgan fingerprint density at radius 2 is 2.22 bits per heavy atom. The number of nitriles is 1. The Hall–Kier alpha value is -2.48. The molecule has 142 valence electrons. The summed E-state index contributed by atoms with van der Waals surface area (Å²) < 4.78 is 0. The largest absolute Gasteiger partial charge is 0.346 e. The summed E-state index contributed by atoms with van der Waals surface area (Å²) in [5.74, 6) is 0.910. The summed E-state index contributed by atoms with van der Waals surface area (Å²) in [6, 6.07) is 4.49. The van der Waals surface area contributed by atoms with Crippen LogP contribution in [-0.2, 0) is 0 Å². The van der Waals surface area contributed by atoms with Crippen molar-refractivity contribution in [3.05, 3.63) is 30.4 Å². The van der Waals surface area contributed by atoms with Crippen LogP contribution in [-0.4, -0.2) is 28.2 Å². The van der Waals surface area contributed by atoms with E-state index >= 15 is 0 Å². The van der Waals surface area contributed by atoms with Gasteiger partial charge in [-0.05, 0) is 42.6 Å². The highest BCUT2D eigenvalue weighted by Gasteiger charge is 2.40. The van der Waals surface area contributed by atoms with Gasteiger partial charge in [0.15, 0.2) is 0 Å². The number of fused-ring (bicyclic) bond motifs is 1. The molecule has 2 atom stereocenters. The van der Waals surface area contributed by atoms with Gasteiger partial charge in [-0.25, -0.2) is 9.97 Å². The van der Waals surface area contributed by atoms with E-state index in [1.54, 1.807) is 13.4 Å². The van der Waals surface area contributed by atoms with Gasteiger partial charge in [-0.2, -0.15) is 5.26 Å². The van der Waals surface area contributed by atoms with Crippen molar-refractivity contribution in [1.82, 2.24) is 15.0 Å². The molecule has 0 spiro atoms. The van der Waals surface area contributed by atoms with Gasteiger partial charge in [0.25, 0.3) is 0 Å². The predicted octanol–water partition coefficient (Wildman–Crippen LogP) is 5.18. The molecule has 1 aliphatic carbocycles. The van der Waals surface area contributed by atoms with Crippen molar-refractivity contribution >= 4 is 22.8 Å². The SMILES string of the molecule is CCC(C=C(C=NC)c1ncnc2[nH]ccc12)C(C)(CC#N)C1CCCC1. The molecule has 2 unspecified atom stereocenters. The molecule has 1 fully saturated rings. The number of hydrogen-bond acceptors (Lipinski definition) is 4. The van der Waals surface area contributed by atoms with E-state index in [2.05, 4.69) is 45.9 Å². The molecule has 3 rings (SSSR count). The van der Waals surface area contributed by atoms with Gasteiger partial charge in [0.05, 0.1) is 11.8 Å². The predicted molar refractivity (Wildman–Crippen MR) is 110 cm³/mol. The molecule has 1 aliphatic rings. The molecule has 5 nitrogen and oxygen atoms in total. The summed E-state index contributed by atoms with van der Waals surface area (Å²) >= 11 is 0. The Kier molecular flexibility index (Phi) is 6.05. The van der Waals surface area contributed by atoms with Gasteiger partial charge in [-0.15, -0.1) is 0 Å². The Morgan fingerprint density at radius 3 is 2.89 bits per heavy atom. The maximum Gasteiger partial charge on any atom is 0.141 e. The number of H-pyrrole nitrogens is 1. The van der Waals surface area contributed by atoms with Gasteiger partial charge in [-0.3, -0.25) is 4.99 Å². The number of nitrogens with one attached hydrogen (secondary N) is 1. The topological polar surface area (TPSA) is 77.7 Å². The van der Waals surface area contributed by atoms with E-state index in [4.69, 9.17) is 0 Å². The van der Waals surface area contributed by atoms with Crippen molar-refractivity contribution < 1.29 is 0 Å². The number of aromatic amines is 1. The van der Waals surface area contributed by atoms with Crippen molar-refractivity contribution in [2.24, 2.45) is 22.2 Å². The monoisotopic (exact) mass is 363 g/mol. The van der Waals surface area contributed by atoms with Crippen LogP contribution in [0, 0.1) is 28.6 Å². The van der Waals surface area contributed by atoms with E-state index in [0.29, 0.717) is 18.3 Å². The fraction of sp³-hybridized carbons (Fsp3) is 0.545. The van der Waals surface area contributed by atoms with E-state index in [-0.39, 0.29) is 5.41 Å². The van der Waals surface area contributed by atoms with Crippen LogP contribution in [0.3, 0.4) is 0 Å². The molecule has 0 saturated heterocycles. The highest BCUT2D eigenvalue weighted by atomic mass is 14.9. The minimum absolute atomic E-state index is 0.0167. The molecule has 27 heavy (non-hydrogen) atoms. The molecular formula is C22H29N5. The number of nitrogens with zero attached hydrogens (tertiary/aromatic N) is 4. The number of aliphatic imine (C=N–C) groups is 1. The Bertz CT molecular complexity index is 866. The summed E-state index contributed by atoms with van der Waals surface area (Å²) in [5, 5.41) is 10.6. The van der Waals surface area contributed by atoms with Crippen molar-refractivity contribution in [1.29, 1.82) is 5.26 Å². The quantitative estimate of drug-likeness (QED) is 0.689. The van der Waals surface area contributed by atoms with Gasteiger partial charge in [-0.1, -0.05) is 32.8 Å². The van der Waals surface area contributed by atoms with Crippen molar-refractivity contribution in [3.63, 3.8) is 0 Å². The zero-order valence-corrected chi connectivity index (χ0v) is 16.6. The summed E-state index contributed by atoms with van der Waals surface area (Å²) in [5.41, 5.74) is 2.73. The second-order valence-electron chi connectivity index (χ2n) is 7.81. The Balaban J connectivity index is 2.07. The third-order valence-electron chi connectivity index (χ3n) is 6.31. The first-order valence-corrected chi connectivity index (χ1v) is 9.93. The van der Waals surface area contributed by atoms with Crippen LogP contribution in [0.4, 0.5) is 0 Å². The third kappa shape index (κ3) is 3.80. The van der Waals surface area contributed by atoms with Crippen LogP contribution >= 0.6 is 0 Å². The summed E-state index contributed by atoms with van der Waals surface area (Å²) in [7, 11) is 1.79. The van der Waals surface area contributed by atoms with Gasteiger partial charge in [0, 0.05) is 36.8 Å². The van der Waals surface area contributed by atoms with Crippen molar-refractivity contribution in [2.75, 3.05) is 7.05 Å². The van der Waals surface area contributed by atoms with Crippen LogP contribution in [0.5, 0.6) is 0 Å². The van der Waals surface area contributed by atoms with E-state index < -0.39 is 0 Å². The molecule has 0 radical (unpaired) electrons. The van der Waals surface area contributed by atoms with Crippen LogP contribution in [0.2, 0.25) is 0 Å². The summed E-state index contributed by atoms with van der Waals surface area (Å²) in [6.45, 7) is 4.53. The molecule has 0 aliphatic heterocycles. The smallest absolute Gasteiger partial charge is 0.141 e. The molecule has 5 heteroatoms. The highest BCUT2D eigenvalue weighted by Crippen LogP contribution is 2.49. The lowest BCUT2D eigenvalue weighted by molar-refractivity contribution is 0.125. The average Bonchev–Trinajstić information content (AvgIpc) is 3.36. The minimum Gasteiger partial charge on any atom is -0.346 e. The van der Waals surface area contributed by atoms with Crippen molar-refractivity contribution in [2.45, 2.75) is 52.4 Å². The molecule has 2 aromatic heterocycles. The second-order valence-corrected chi connectivity index (χ2v) is 7.81. The van der Waals surface area contributed by atoms with Crippen molar-refractivity contribution in [3.8, 4) is 6.07 Å². The lowest BCUT2D eigenvalue weighted by Crippen LogP contribution is -2.33. The van der Waals surface area contributed by atoms with Crippen LogP contribution in [0.1, 0.15) is 58.1 Å². The number of rotatable bonds is 7. The third-order valence-corrected chi connectivity index (χ3v) is 6.31. The van der Waals surface area contributed by atoms with Crippen LogP contribution in [0.25, 0.3) is 16.6 Å². The first kappa shape index (κ1) is 19.3. The first-order chi connectivity index (χ1) is 13.1. The molecule has 0 aromatic carbocycles. The molecule has 1 N–H and O–H groups in total. The Labute approximate surface area is 161 Å². The maximum absolute atomic E-state index is 9.55. The van der Waals surface area contributed by atoms with E-state index in [1.807, 2.05) is 18.5 Å². The normalized spacial score (nSPS) is 19.4. The first-order valence-electron chi connectivity index (χ1n) is 9.93. The van der Waals surface area contributed by atoms with Crippen LogP contribution in [0.15, 0.2) is 29.7 Å². The van der Waals surface area contributed by atoms with E-state index in [0.717, 1.165) is 28.7 Å². The van der Waals surface area contributed by atoms with Crippen LogP contribution < -0.4 is 0 Å². The van der Waals surface area contributed by atoms with Gasteiger partial charge < -0.3 is 4.98 Å². The molecule has 0 bridgehead atoms. The summed E-state index contributed by atoms with van der Waals surface area (Å²) in [6.07, 6.45) is 14.3. The maximum atomic E-state index is 9.55. The Morgan fingerprint density at radius 1 is 1.44 bits per heavy atom. The lowest BCUT2D eigenvalue weighted by atomic mass is 9.64. The highest BCUT2D eigenvalue weighted by molar-refractivity contribution is 6.13. The molecule has 0 amide bonds. The molecule has 1 saturated carbocycles. The standard InChI is InChI=1S/C22H29N5/c1-4-17(22(2,10-11-23)18-7-5-6-8-18)13-16(14-24-3)20-19-9-12-25-21(19)27-15-26-20/h9,12-15,17-18H,4-8,10H2,1-3H3,(H,25,26,27). The number of hydrogen-bond donors (Lipinski definition) is 1. The van der Waals surface area contributed by atoms with E-state index in [1.165, 1.54) is 25.7 Å². The zero-order valence-electron chi connectivity index (χ0n) is 16.6. The van der Waals surface area contributed by atoms with Gasteiger partial charge in [0.1, 0.15) is 12.0 Å². The zero-order chi connectivity index (χ0) is 19.3. The molecular weight excluding hydrogens is 334 g/mol. The van der Waals surface area contributed by atoms with E-state index in [9.17, 15) is 5.26 Å². The average molecular weight is 364 g/mol. The minimum atomic E-state index is -0.0167. The number of aromatic nitrogens is 3. The lowest BCUT2D eigenvalue weighted by Gasteiger charge is -2.40. The van der Waals surface area contributed by atoms with Gasteiger partial charge in [0.2, 0.25) is 0 Å². The van der Waals surface area contributed by atoms with Gasteiger partial charge >= 0.3 is 0 Å². The summed E-state index contributed by atoms with van der Waals surface area (Å²) in [4.78, 5) is 16.3. The fourth-order valence-electron chi connectivity index (χ4n) is 4.75. The molecule has 2 aromatic rings. The second kappa shape index (κ2) is 8.47.